The average Bonchev–Trinajstić information content (AvgIpc) is 2.39. The van der Waals surface area contributed by atoms with Crippen LogP contribution >= 0.6 is 0 Å². The Balaban J connectivity index is 2.10. The molecule has 0 aliphatic carbocycles. The van der Waals surface area contributed by atoms with Crippen molar-refractivity contribution in [2.45, 2.75) is 0 Å². The molecule has 0 aliphatic rings. The summed E-state index contributed by atoms with van der Waals surface area (Å²) >= 11 is 0. The van der Waals surface area contributed by atoms with Crippen LogP contribution in [0, 0.1) is 0 Å². The van der Waals surface area contributed by atoms with Gasteiger partial charge in [-0.15, -0.1) is 0 Å². The summed E-state index contributed by atoms with van der Waals surface area (Å²) in [6.07, 6.45) is 0. The summed E-state index contributed by atoms with van der Waals surface area (Å²) in [5, 5.41) is 12.1. The molecular formula is C15H16N2O2. The van der Waals surface area contributed by atoms with Crippen molar-refractivity contribution in [2.24, 2.45) is 0 Å². The van der Waals surface area contributed by atoms with Gasteiger partial charge in [-0.05, 0) is 42.5 Å². The lowest BCUT2D eigenvalue weighted by atomic mass is 10.2. The van der Waals surface area contributed by atoms with E-state index in [0.29, 0.717) is 5.56 Å². The summed E-state index contributed by atoms with van der Waals surface area (Å²) in [6.45, 7) is 0. The highest BCUT2D eigenvalue weighted by Crippen LogP contribution is 2.17. The van der Waals surface area contributed by atoms with Gasteiger partial charge in [0, 0.05) is 31.0 Å². The lowest BCUT2D eigenvalue weighted by Crippen LogP contribution is -2.12. The van der Waals surface area contributed by atoms with Gasteiger partial charge in [-0.3, -0.25) is 4.79 Å². The van der Waals surface area contributed by atoms with Gasteiger partial charge in [0.15, 0.2) is 0 Å². The molecule has 0 unspecified atom stereocenters. The van der Waals surface area contributed by atoms with Crippen LogP contribution in [0.5, 0.6) is 5.75 Å². The van der Waals surface area contributed by atoms with Crippen LogP contribution in [0.4, 0.5) is 11.4 Å². The van der Waals surface area contributed by atoms with Gasteiger partial charge >= 0.3 is 0 Å². The Hall–Kier alpha value is -2.49. The number of carbonyl (C=O) groups excluding carboxylic acids is 1. The molecule has 2 N–H and O–H groups in total. The van der Waals surface area contributed by atoms with Gasteiger partial charge < -0.3 is 15.3 Å². The third-order valence-electron chi connectivity index (χ3n) is 2.75. The third-order valence-corrected chi connectivity index (χ3v) is 2.75. The van der Waals surface area contributed by atoms with Gasteiger partial charge in [0.2, 0.25) is 0 Å². The first-order chi connectivity index (χ1) is 9.06. The molecule has 2 aromatic carbocycles. The zero-order valence-corrected chi connectivity index (χ0v) is 10.9. The van der Waals surface area contributed by atoms with Crippen LogP contribution in [0.25, 0.3) is 0 Å². The van der Waals surface area contributed by atoms with E-state index in [2.05, 4.69) is 5.32 Å². The van der Waals surface area contributed by atoms with E-state index in [1.165, 1.54) is 12.1 Å². The Morgan fingerprint density at radius 1 is 1.11 bits per heavy atom. The van der Waals surface area contributed by atoms with Crippen molar-refractivity contribution in [1.29, 1.82) is 0 Å². The molecule has 0 aromatic heterocycles. The van der Waals surface area contributed by atoms with Crippen LogP contribution < -0.4 is 10.2 Å². The van der Waals surface area contributed by atoms with E-state index in [1.807, 2.05) is 43.3 Å². The SMILES string of the molecule is CN(C)c1ccc(NC(=O)c2cccc(O)c2)cc1. The van der Waals surface area contributed by atoms with Gasteiger partial charge in [-0.25, -0.2) is 0 Å². The number of aromatic hydroxyl groups is 1. The van der Waals surface area contributed by atoms with Crippen LogP contribution in [0.2, 0.25) is 0 Å². The van der Waals surface area contributed by atoms with Crippen molar-refractivity contribution in [3.05, 3.63) is 54.1 Å². The summed E-state index contributed by atoms with van der Waals surface area (Å²) in [7, 11) is 3.92. The lowest BCUT2D eigenvalue weighted by Gasteiger charge is -2.13. The number of hydrogen-bond acceptors (Lipinski definition) is 3. The minimum Gasteiger partial charge on any atom is -0.508 e. The minimum absolute atomic E-state index is 0.0793. The molecule has 0 bridgehead atoms. The number of nitrogens with one attached hydrogen (secondary N) is 1. The number of rotatable bonds is 3. The molecule has 0 heterocycles. The second-order valence-electron chi connectivity index (χ2n) is 4.45. The molecule has 4 heteroatoms. The van der Waals surface area contributed by atoms with Gasteiger partial charge in [0.25, 0.3) is 5.91 Å². The van der Waals surface area contributed by atoms with E-state index in [0.717, 1.165) is 11.4 Å². The second kappa shape index (κ2) is 5.44. The summed E-state index contributed by atoms with van der Waals surface area (Å²) in [6, 6.07) is 13.8. The van der Waals surface area contributed by atoms with Gasteiger partial charge in [-0.2, -0.15) is 0 Å². The predicted octanol–water partition coefficient (Wildman–Crippen LogP) is 2.71. The first kappa shape index (κ1) is 13.0. The zero-order valence-electron chi connectivity index (χ0n) is 10.9. The molecular weight excluding hydrogens is 240 g/mol. The Morgan fingerprint density at radius 3 is 2.37 bits per heavy atom. The molecule has 0 aliphatic heterocycles. The topological polar surface area (TPSA) is 52.6 Å². The van der Waals surface area contributed by atoms with E-state index >= 15 is 0 Å². The zero-order chi connectivity index (χ0) is 13.8. The molecule has 19 heavy (non-hydrogen) atoms. The maximum Gasteiger partial charge on any atom is 0.255 e. The molecule has 98 valence electrons. The minimum atomic E-state index is -0.242. The Bertz CT molecular complexity index is 577. The standard InChI is InChI=1S/C15H16N2O2/c1-17(2)13-8-6-12(7-9-13)16-15(19)11-4-3-5-14(18)10-11/h3-10,18H,1-2H3,(H,16,19). The van der Waals surface area contributed by atoms with Gasteiger partial charge in [0.1, 0.15) is 5.75 Å². The van der Waals surface area contributed by atoms with Crippen LogP contribution in [0.3, 0.4) is 0 Å². The molecule has 0 atom stereocenters. The number of amides is 1. The monoisotopic (exact) mass is 256 g/mol. The Kier molecular flexibility index (Phi) is 3.71. The summed E-state index contributed by atoms with van der Waals surface area (Å²) in [5.41, 5.74) is 2.21. The normalized spacial score (nSPS) is 10.0. The number of benzene rings is 2. The largest absolute Gasteiger partial charge is 0.508 e. The van der Waals surface area contributed by atoms with Crippen molar-refractivity contribution < 1.29 is 9.90 Å². The maximum absolute atomic E-state index is 12.0. The fraction of sp³-hybridized carbons (Fsp3) is 0.133. The highest BCUT2D eigenvalue weighted by Gasteiger charge is 2.06. The van der Waals surface area contributed by atoms with Crippen LogP contribution in [-0.4, -0.2) is 25.1 Å². The fourth-order valence-electron chi connectivity index (χ4n) is 1.69. The first-order valence-electron chi connectivity index (χ1n) is 5.94. The predicted molar refractivity (Wildman–Crippen MR) is 76.8 cm³/mol. The van der Waals surface area contributed by atoms with E-state index in [1.54, 1.807) is 12.1 Å². The molecule has 4 nitrogen and oxygen atoms in total. The summed E-state index contributed by atoms with van der Waals surface area (Å²) < 4.78 is 0. The van der Waals surface area contributed by atoms with Crippen molar-refractivity contribution in [2.75, 3.05) is 24.3 Å². The number of hydrogen-bond donors (Lipinski definition) is 2. The van der Waals surface area contributed by atoms with Crippen LogP contribution in [-0.2, 0) is 0 Å². The molecule has 0 saturated carbocycles. The molecule has 1 amide bonds. The van der Waals surface area contributed by atoms with E-state index < -0.39 is 0 Å². The molecule has 0 radical (unpaired) electrons. The second-order valence-corrected chi connectivity index (χ2v) is 4.45. The quantitative estimate of drug-likeness (QED) is 0.887. The van der Waals surface area contributed by atoms with Crippen LogP contribution in [0.1, 0.15) is 10.4 Å². The Morgan fingerprint density at radius 2 is 1.79 bits per heavy atom. The van der Waals surface area contributed by atoms with E-state index in [-0.39, 0.29) is 11.7 Å². The highest BCUT2D eigenvalue weighted by atomic mass is 16.3. The van der Waals surface area contributed by atoms with Crippen molar-refractivity contribution >= 4 is 17.3 Å². The van der Waals surface area contributed by atoms with Gasteiger partial charge in [0.05, 0.1) is 0 Å². The summed E-state index contributed by atoms with van der Waals surface area (Å²) in [5.74, 6) is -0.163. The number of nitrogens with zero attached hydrogens (tertiary/aromatic N) is 1. The van der Waals surface area contributed by atoms with E-state index in [4.69, 9.17) is 0 Å². The fourth-order valence-corrected chi connectivity index (χ4v) is 1.69. The van der Waals surface area contributed by atoms with Crippen molar-refractivity contribution in [1.82, 2.24) is 0 Å². The third kappa shape index (κ3) is 3.25. The number of anilines is 2. The Labute approximate surface area is 112 Å². The van der Waals surface area contributed by atoms with Crippen molar-refractivity contribution in [3.63, 3.8) is 0 Å². The lowest BCUT2D eigenvalue weighted by molar-refractivity contribution is 0.102. The molecule has 0 spiro atoms. The van der Waals surface area contributed by atoms with Crippen molar-refractivity contribution in [3.8, 4) is 5.75 Å². The number of phenols is 1. The smallest absolute Gasteiger partial charge is 0.255 e. The van der Waals surface area contributed by atoms with E-state index in [9.17, 15) is 9.90 Å². The molecule has 2 aromatic rings. The maximum atomic E-state index is 12.0. The van der Waals surface area contributed by atoms with Crippen LogP contribution in [0.15, 0.2) is 48.5 Å². The van der Waals surface area contributed by atoms with Gasteiger partial charge in [-0.1, -0.05) is 6.07 Å². The molecule has 0 fully saturated rings. The average molecular weight is 256 g/mol. The molecule has 0 saturated heterocycles. The molecule has 2 rings (SSSR count). The summed E-state index contributed by atoms with van der Waals surface area (Å²) in [4.78, 5) is 13.9. The first-order valence-corrected chi connectivity index (χ1v) is 5.94. The number of phenolic OH excluding ortho intramolecular Hbond substituents is 1. The highest BCUT2D eigenvalue weighted by molar-refractivity contribution is 6.04. The number of carbonyl (C=O) groups is 1.